The van der Waals surface area contributed by atoms with Gasteiger partial charge in [0.2, 0.25) is 0 Å². The summed E-state index contributed by atoms with van der Waals surface area (Å²) in [6.45, 7) is 6.75. The van der Waals surface area contributed by atoms with Gasteiger partial charge in [0.15, 0.2) is 5.78 Å². The topological polar surface area (TPSA) is 59.4 Å². The SMILES string of the molecule is CC(=O)/C=C(/C)O.COc1cc2c(F)cc(F)cc2nc1-c1[c-]c(C)cc(C)c1.[Ir]. The normalized spacial score (nSPS) is 10.7. The van der Waals surface area contributed by atoms with Crippen LogP contribution in [0.1, 0.15) is 25.0 Å². The Labute approximate surface area is 188 Å². The number of carbonyl (C=O) groups excluding carboxylic acids is 1. The minimum absolute atomic E-state index is 0. The van der Waals surface area contributed by atoms with E-state index in [1.165, 1.54) is 39.2 Å². The second kappa shape index (κ2) is 10.9. The molecule has 7 heteroatoms. The van der Waals surface area contributed by atoms with Crippen LogP contribution >= 0.6 is 0 Å². The van der Waals surface area contributed by atoms with E-state index in [0.29, 0.717) is 11.4 Å². The smallest absolute Gasteiger partial charge is 0.155 e. The number of methoxy groups -OCH3 is 1. The number of carbonyl (C=O) groups is 1. The van der Waals surface area contributed by atoms with Gasteiger partial charge in [0, 0.05) is 43.3 Å². The Hall–Kier alpha value is -2.63. The van der Waals surface area contributed by atoms with Crippen LogP contribution in [0.15, 0.2) is 42.2 Å². The molecule has 30 heavy (non-hydrogen) atoms. The van der Waals surface area contributed by atoms with Crippen molar-refractivity contribution in [3.63, 3.8) is 0 Å². The number of fused-ring (bicyclic) bond motifs is 1. The zero-order valence-electron chi connectivity index (χ0n) is 17.3. The number of benzene rings is 2. The van der Waals surface area contributed by atoms with E-state index in [-0.39, 0.29) is 42.6 Å². The Morgan fingerprint density at radius 3 is 2.30 bits per heavy atom. The number of ether oxygens (including phenoxy) is 1. The number of pyridine rings is 1. The first kappa shape index (κ1) is 25.4. The number of rotatable bonds is 3. The zero-order chi connectivity index (χ0) is 21.7. The van der Waals surface area contributed by atoms with Crippen LogP contribution in [0.4, 0.5) is 8.78 Å². The van der Waals surface area contributed by atoms with Crippen LogP contribution in [-0.2, 0) is 24.9 Å². The third kappa shape index (κ3) is 6.71. The Morgan fingerprint density at radius 1 is 1.13 bits per heavy atom. The number of ketones is 1. The third-order valence-electron chi connectivity index (χ3n) is 3.85. The van der Waals surface area contributed by atoms with E-state index in [0.717, 1.165) is 22.8 Å². The summed E-state index contributed by atoms with van der Waals surface area (Å²) in [6.07, 6.45) is 1.17. The standard InChI is InChI=1S/C18H14F2NO.C5H8O2.Ir/c1-10-4-11(2)6-12(5-10)18-17(22-3)9-14-15(20)7-13(19)8-16(14)21-18;1-4(6)3-5(2)7;/h4-5,7-9H,1-3H3;3,6H,1-2H3;/q-1;;/b;4-3-;. The summed E-state index contributed by atoms with van der Waals surface area (Å²) < 4.78 is 32.6. The molecular formula is C23H22F2IrNO3-. The van der Waals surface area contributed by atoms with Crippen molar-refractivity contribution >= 4 is 16.7 Å². The predicted octanol–water partition coefficient (Wildman–Crippen LogP) is 5.64. The molecule has 1 radical (unpaired) electrons. The third-order valence-corrected chi connectivity index (χ3v) is 3.85. The Balaban J connectivity index is 0.000000489. The number of aromatic nitrogens is 1. The molecule has 0 fully saturated rings. The van der Waals surface area contributed by atoms with Gasteiger partial charge in [0.25, 0.3) is 0 Å². The number of aliphatic hydroxyl groups is 1. The van der Waals surface area contributed by atoms with Gasteiger partial charge in [-0.2, -0.15) is 0 Å². The fourth-order valence-corrected chi connectivity index (χ4v) is 2.85. The molecule has 161 valence electrons. The minimum atomic E-state index is -0.656. The second-order valence-corrected chi connectivity index (χ2v) is 6.64. The van der Waals surface area contributed by atoms with Crippen molar-refractivity contribution in [2.75, 3.05) is 7.11 Å². The number of hydrogen-bond acceptors (Lipinski definition) is 4. The molecule has 1 aromatic heterocycles. The molecule has 0 aliphatic heterocycles. The Morgan fingerprint density at radius 2 is 1.80 bits per heavy atom. The molecular weight excluding hydrogens is 568 g/mol. The van der Waals surface area contributed by atoms with Gasteiger partial charge < -0.3 is 9.84 Å². The first-order valence-corrected chi connectivity index (χ1v) is 8.83. The van der Waals surface area contributed by atoms with Crippen LogP contribution < -0.4 is 4.74 Å². The van der Waals surface area contributed by atoms with E-state index in [4.69, 9.17) is 9.84 Å². The maximum Gasteiger partial charge on any atom is 0.155 e. The first-order chi connectivity index (χ1) is 13.6. The summed E-state index contributed by atoms with van der Waals surface area (Å²) in [5.74, 6) is -0.943. The summed E-state index contributed by atoms with van der Waals surface area (Å²) >= 11 is 0. The van der Waals surface area contributed by atoms with Crippen LogP contribution in [-0.4, -0.2) is 23.0 Å². The molecule has 3 aromatic rings. The molecule has 3 rings (SSSR count). The monoisotopic (exact) mass is 591 g/mol. The van der Waals surface area contributed by atoms with E-state index in [1.807, 2.05) is 26.0 Å². The fraction of sp³-hybridized carbons (Fsp3) is 0.217. The average molecular weight is 591 g/mol. The van der Waals surface area contributed by atoms with Crippen molar-refractivity contribution in [2.24, 2.45) is 0 Å². The molecule has 1 heterocycles. The van der Waals surface area contributed by atoms with E-state index >= 15 is 0 Å². The molecule has 0 aliphatic carbocycles. The maximum atomic E-state index is 13.9. The molecule has 0 amide bonds. The number of aryl methyl sites for hydroxylation is 2. The van der Waals surface area contributed by atoms with Crippen molar-refractivity contribution in [1.82, 2.24) is 4.98 Å². The van der Waals surface area contributed by atoms with Crippen molar-refractivity contribution in [3.8, 4) is 17.0 Å². The second-order valence-electron chi connectivity index (χ2n) is 6.64. The summed E-state index contributed by atoms with van der Waals surface area (Å²) in [5, 5.41) is 8.59. The first-order valence-electron chi connectivity index (χ1n) is 8.83. The van der Waals surface area contributed by atoms with E-state index in [2.05, 4.69) is 11.1 Å². The molecule has 0 bridgehead atoms. The number of allylic oxidation sites excluding steroid dienone is 2. The molecule has 0 aliphatic rings. The Bertz CT molecular complexity index is 1070. The van der Waals surface area contributed by atoms with Crippen LogP contribution in [0, 0.1) is 31.5 Å². The van der Waals surface area contributed by atoms with Gasteiger partial charge in [0.05, 0.1) is 18.4 Å². The molecule has 0 saturated carbocycles. The van der Waals surface area contributed by atoms with Gasteiger partial charge in [-0.15, -0.1) is 34.9 Å². The summed E-state index contributed by atoms with van der Waals surface area (Å²) in [5.41, 5.74) is 3.53. The van der Waals surface area contributed by atoms with Gasteiger partial charge in [-0.25, -0.2) is 8.78 Å². The predicted molar refractivity (Wildman–Crippen MR) is 109 cm³/mol. The van der Waals surface area contributed by atoms with Crippen LogP contribution in [0.5, 0.6) is 5.75 Å². The van der Waals surface area contributed by atoms with Crippen LogP contribution in [0.3, 0.4) is 0 Å². The van der Waals surface area contributed by atoms with Gasteiger partial charge >= 0.3 is 0 Å². The molecule has 0 saturated heterocycles. The van der Waals surface area contributed by atoms with Gasteiger partial charge in [0.1, 0.15) is 17.4 Å². The summed E-state index contributed by atoms with van der Waals surface area (Å²) in [6, 6.07) is 10.7. The van der Waals surface area contributed by atoms with Gasteiger partial charge in [-0.1, -0.05) is 13.8 Å². The quantitative estimate of drug-likeness (QED) is 0.244. The average Bonchev–Trinajstić information content (AvgIpc) is 2.59. The van der Waals surface area contributed by atoms with Gasteiger partial charge in [-0.3, -0.25) is 9.78 Å². The maximum absolute atomic E-state index is 13.9. The summed E-state index contributed by atoms with van der Waals surface area (Å²) in [7, 11) is 1.50. The number of aliphatic hydroxyl groups excluding tert-OH is 1. The molecule has 1 N–H and O–H groups in total. The van der Waals surface area contributed by atoms with Crippen molar-refractivity contribution in [3.05, 3.63) is 71.0 Å². The number of nitrogens with zero attached hydrogens (tertiary/aromatic N) is 1. The molecule has 0 unspecified atom stereocenters. The van der Waals surface area contributed by atoms with Crippen molar-refractivity contribution < 1.29 is 43.5 Å². The molecule has 0 atom stereocenters. The van der Waals surface area contributed by atoms with E-state index in [1.54, 1.807) is 0 Å². The largest absolute Gasteiger partial charge is 0.512 e. The van der Waals surface area contributed by atoms with Crippen LogP contribution in [0.25, 0.3) is 22.2 Å². The minimum Gasteiger partial charge on any atom is -0.512 e. The van der Waals surface area contributed by atoms with Crippen LogP contribution in [0.2, 0.25) is 0 Å². The number of halogens is 2. The molecule has 0 spiro atoms. The van der Waals surface area contributed by atoms with Gasteiger partial charge in [-0.05, 0) is 26.0 Å². The molecule has 4 nitrogen and oxygen atoms in total. The summed E-state index contributed by atoms with van der Waals surface area (Å²) in [4.78, 5) is 14.4. The van der Waals surface area contributed by atoms with Crippen molar-refractivity contribution in [1.29, 1.82) is 0 Å². The zero-order valence-corrected chi connectivity index (χ0v) is 19.7. The fourth-order valence-electron chi connectivity index (χ4n) is 2.85. The van der Waals surface area contributed by atoms with E-state index < -0.39 is 11.6 Å². The van der Waals surface area contributed by atoms with Crippen molar-refractivity contribution in [2.45, 2.75) is 27.7 Å². The van der Waals surface area contributed by atoms with E-state index in [9.17, 15) is 13.6 Å². The Kier molecular flexibility index (Phi) is 9.27. The number of hydrogen-bond donors (Lipinski definition) is 1. The molecule has 2 aromatic carbocycles.